The Labute approximate surface area is 139 Å². The van der Waals surface area contributed by atoms with E-state index in [1.165, 1.54) is 26.5 Å². The van der Waals surface area contributed by atoms with E-state index in [4.69, 9.17) is 14.2 Å². The van der Waals surface area contributed by atoms with Gasteiger partial charge in [-0.15, -0.1) is 0 Å². The van der Waals surface area contributed by atoms with Crippen LogP contribution in [0.25, 0.3) is 0 Å². The van der Waals surface area contributed by atoms with Crippen LogP contribution in [0.3, 0.4) is 0 Å². The lowest BCUT2D eigenvalue weighted by molar-refractivity contribution is 0.0502. The van der Waals surface area contributed by atoms with Crippen LogP contribution in [0.1, 0.15) is 20.7 Å². The van der Waals surface area contributed by atoms with Gasteiger partial charge in [0.05, 0.1) is 31.9 Å². The highest BCUT2D eigenvalue weighted by Crippen LogP contribution is 2.27. The van der Waals surface area contributed by atoms with Crippen molar-refractivity contribution in [3.63, 3.8) is 0 Å². The summed E-state index contributed by atoms with van der Waals surface area (Å²) in [7, 11) is 3.00. The first-order valence-corrected chi connectivity index (χ1v) is 7.23. The van der Waals surface area contributed by atoms with Crippen molar-refractivity contribution in [2.45, 2.75) is 0 Å². The molecule has 0 aliphatic rings. The number of nitrogens with zero attached hydrogens (tertiary/aromatic N) is 1. The Morgan fingerprint density at radius 2 is 1.88 bits per heavy atom. The fourth-order valence-corrected chi connectivity index (χ4v) is 1.95. The highest BCUT2D eigenvalue weighted by molar-refractivity contribution is 5.93. The average molecular weight is 330 g/mol. The van der Waals surface area contributed by atoms with Crippen LogP contribution in [0.5, 0.6) is 11.5 Å². The largest absolute Gasteiger partial charge is 0.493 e. The fourth-order valence-electron chi connectivity index (χ4n) is 1.95. The monoisotopic (exact) mass is 330 g/mol. The number of hydrogen-bond donors (Lipinski definition) is 1. The first kappa shape index (κ1) is 17.3. The number of rotatable bonds is 7. The Bertz CT molecular complexity index is 703. The molecule has 1 amide bonds. The van der Waals surface area contributed by atoms with E-state index in [0.717, 1.165) is 0 Å². The fraction of sp³-hybridized carbons (Fsp3) is 0.235. The molecule has 24 heavy (non-hydrogen) atoms. The van der Waals surface area contributed by atoms with Gasteiger partial charge < -0.3 is 19.5 Å². The zero-order valence-electron chi connectivity index (χ0n) is 13.4. The molecule has 1 heterocycles. The SMILES string of the molecule is COc1ccc(C(=O)OCCNC(=O)c2cccnc2)cc1OC. The van der Waals surface area contributed by atoms with E-state index in [1.807, 2.05) is 0 Å². The number of nitrogens with one attached hydrogen (secondary N) is 1. The number of amides is 1. The molecule has 0 fully saturated rings. The molecule has 0 saturated heterocycles. The molecule has 0 bridgehead atoms. The number of esters is 1. The number of carbonyl (C=O) groups excluding carboxylic acids is 2. The molecule has 1 N–H and O–H groups in total. The number of ether oxygens (including phenoxy) is 3. The average Bonchev–Trinajstić information content (AvgIpc) is 2.64. The number of methoxy groups -OCH3 is 2. The molecule has 0 saturated carbocycles. The minimum absolute atomic E-state index is 0.0547. The topological polar surface area (TPSA) is 86.8 Å². The molecule has 126 valence electrons. The highest BCUT2D eigenvalue weighted by Gasteiger charge is 2.12. The van der Waals surface area contributed by atoms with Crippen LogP contribution < -0.4 is 14.8 Å². The van der Waals surface area contributed by atoms with Gasteiger partial charge in [-0.3, -0.25) is 9.78 Å². The molecule has 7 nitrogen and oxygen atoms in total. The third kappa shape index (κ3) is 4.45. The van der Waals surface area contributed by atoms with E-state index in [9.17, 15) is 9.59 Å². The van der Waals surface area contributed by atoms with Crippen molar-refractivity contribution in [1.29, 1.82) is 0 Å². The van der Waals surface area contributed by atoms with Crippen molar-refractivity contribution in [3.8, 4) is 11.5 Å². The number of carbonyl (C=O) groups is 2. The van der Waals surface area contributed by atoms with Gasteiger partial charge in [-0.05, 0) is 30.3 Å². The smallest absolute Gasteiger partial charge is 0.338 e. The first-order valence-electron chi connectivity index (χ1n) is 7.23. The molecule has 0 spiro atoms. The second-order valence-electron chi connectivity index (χ2n) is 4.70. The summed E-state index contributed by atoms with van der Waals surface area (Å²) in [6, 6.07) is 8.07. The lowest BCUT2D eigenvalue weighted by Gasteiger charge is -2.10. The quantitative estimate of drug-likeness (QED) is 0.614. The second-order valence-corrected chi connectivity index (χ2v) is 4.70. The maximum atomic E-state index is 12.0. The molecular weight excluding hydrogens is 312 g/mol. The molecular formula is C17H18N2O5. The molecule has 7 heteroatoms. The van der Waals surface area contributed by atoms with Crippen molar-refractivity contribution in [2.24, 2.45) is 0 Å². The number of hydrogen-bond acceptors (Lipinski definition) is 6. The Kier molecular flexibility index (Phi) is 6.13. The number of pyridine rings is 1. The van der Waals surface area contributed by atoms with Gasteiger partial charge in [0, 0.05) is 12.4 Å². The van der Waals surface area contributed by atoms with Crippen LogP contribution in [0.2, 0.25) is 0 Å². The van der Waals surface area contributed by atoms with Gasteiger partial charge in [-0.2, -0.15) is 0 Å². The van der Waals surface area contributed by atoms with Crippen molar-refractivity contribution < 1.29 is 23.8 Å². The Balaban J connectivity index is 1.82. The zero-order chi connectivity index (χ0) is 17.4. The van der Waals surface area contributed by atoms with E-state index < -0.39 is 5.97 Å². The van der Waals surface area contributed by atoms with E-state index in [0.29, 0.717) is 22.6 Å². The molecule has 0 aliphatic heterocycles. The molecule has 2 aromatic rings. The first-order chi connectivity index (χ1) is 11.7. The van der Waals surface area contributed by atoms with Crippen LogP contribution in [-0.4, -0.2) is 44.2 Å². The third-order valence-corrected chi connectivity index (χ3v) is 3.16. The maximum absolute atomic E-state index is 12.0. The van der Waals surface area contributed by atoms with E-state index in [1.54, 1.807) is 30.5 Å². The van der Waals surface area contributed by atoms with Crippen molar-refractivity contribution >= 4 is 11.9 Å². The van der Waals surface area contributed by atoms with Gasteiger partial charge in [0.2, 0.25) is 0 Å². The Morgan fingerprint density at radius 1 is 1.08 bits per heavy atom. The zero-order valence-corrected chi connectivity index (χ0v) is 13.4. The van der Waals surface area contributed by atoms with Gasteiger partial charge in [-0.25, -0.2) is 4.79 Å². The molecule has 0 atom stereocenters. The van der Waals surface area contributed by atoms with Crippen LogP contribution >= 0.6 is 0 Å². The van der Waals surface area contributed by atoms with Crippen molar-refractivity contribution in [2.75, 3.05) is 27.4 Å². The van der Waals surface area contributed by atoms with Gasteiger partial charge >= 0.3 is 5.97 Å². The minimum atomic E-state index is -0.508. The number of aromatic nitrogens is 1. The summed E-state index contributed by atoms with van der Waals surface area (Å²) in [5.74, 6) is 0.187. The third-order valence-electron chi connectivity index (χ3n) is 3.16. The normalized spacial score (nSPS) is 9.92. The molecule has 1 aromatic heterocycles. The van der Waals surface area contributed by atoms with Crippen LogP contribution in [0.4, 0.5) is 0 Å². The maximum Gasteiger partial charge on any atom is 0.338 e. The summed E-state index contributed by atoms with van der Waals surface area (Å²) >= 11 is 0. The molecule has 1 aromatic carbocycles. The van der Waals surface area contributed by atoms with Gasteiger partial charge in [0.25, 0.3) is 5.91 Å². The second kappa shape index (κ2) is 8.52. The molecule has 0 radical (unpaired) electrons. The van der Waals surface area contributed by atoms with Crippen LogP contribution in [0.15, 0.2) is 42.7 Å². The standard InChI is InChI=1S/C17H18N2O5/c1-22-14-6-5-12(10-15(14)23-2)17(21)24-9-8-19-16(20)13-4-3-7-18-11-13/h3-7,10-11H,8-9H2,1-2H3,(H,19,20). The molecule has 0 aliphatic carbocycles. The summed E-state index contributed by atoms with van der Waals surface area (Å²) in [6.07, 6.45) is 3.05. The summed E-state index contributed by atoms with van der Waals surface area (Å²) < 4.78 is 15.4. The Hall–Kier alpha value is -3.09. The predicted molar refractivity (Wildman–Crippen MR) is 86.4 cm³/mol. The van der Waals surface area contributed by atoms with Gasteiger partial charge in [0.15, 0.2) is 11.5 Å². The van der Waals surface area contributed by atoms with Gasteiger partial charge in [-0.1, -0.05) is 0 Å². The van der Waals surface area contributed by atoms with Crippen LogP contribution in [-0.2, 0) is 4.74 Å². The van der Waals surface area contributed by atoms with E-state index >= 15 is 0 Å². The number of benzene rings is 1. The summed E-state index contributed by atoms with van der Waals surface area (Å²) in [4.78, 5) is 27.6. The summed E-state index contributed by atoms with van der Waals surface area (Å²) in [5, 5.41) is 2.65. The van der Waals surface area contributed by atoms with E-state index in [-0.39, 0.29) is 19.1 Å². The van der Waals surface area contributed by atoms with Crippen molar-refractivity contribution in [3.05, 3.63) is 53.9 Å². The van der Waals surface area contributed by atoms with Crippen LogP contribution in [0, 0.1) is 0 Å². The molecule has 2 rings (SSSR count). The van der Waals surface area contributed by atoms with E-state index in [2.05, 4.69) is 10.3 Å². The highest BCUT2D eigenvalue weighted by atomic mass is 16.5. The predicted octanol–water partition coefficient (Wildman–Crippen LogP) is 1.69. The lowest BCUT2D eigenvalue weighted by atomic mass is 10.2. The van der Waals surface area contributed by atoms with Crippen molar-refractivity contribution in [1.82, 2.24) is 10.3 Å². The Morgan fingerprint density at radius 3 is 2.54 bits per heavy atom. The summed E-state index contributed by atoms with van der Waals surface area (Å²) in [6.45, 7) is 0.256. The molecule has 0 unspecified atom stereocenters. The minimum Gasteiger partial charge on any atom is -0.493 e. The summed E-state index contributed by atoms with van der Waals surface area (Å²) in [5.41, 5.74) is 0.787. The van der Waals surface area contributed by atoms with Gasteiger partial charge in [0.1, 0.15) is 6.61 Å². The lowest BCUT2D eigenvalue weighted by Crippen LogP contribution is -2.28.